The number of anilines is 1. The maximum absolute atomic E-state index is 13.0. The molecule has 1 aromatic heterocycles. The van der Waals surface area contributed by atoms with Crippen LogP contribution < -0.4 is 10.6 Å². The van der Waals surface area contributed by atoms with E-state index >= 15 is 0 Å². The molecule has 0 spiro atoms. The Kier molecular flexibility index (Phi) is 4.48. The molecule has 29 heavy (non-hydrogen) atoms. The van der Waals surface area contributed by atoms with Gasteiger partial charge < -0.3 is 10.6 Å². The number of fused-ring (bicyclic) bond motifs is 2. The minimum atomic E-state index is -0.221. The van der Waals surface area contributed by atoms with Gasteiger partial charge in [-0.2, -0.15) is 0 Å². The van der Waals surface area contributed by atoms with E-state index in [1.54, 1.807) is 11.3 Å². The van der Waals surface area contributed by atoms with Crippen LogP contribution in [0.5, 0.6) is 0 Å². The third-order valence-corrected chi connectivity index (χ3v) is 6.11. The van der Waals surface area contributed by atoms with Crippen molar-refractivity contribution in [2.24, 2.45) is 5.92 Å². The Balaban J connectivity index is 1.41. The van der Waals surface area contributed by atoms with Crippen molar-refractivity contribution >= 4 is 49.8 Å². The van der Waals surface area contributed by atoms with E-state index in [1.807, 2.05) is 60.7 Å². The van der Waals surface area contributed by atoms with E-state index in [4.69, 9.17) is 0 Å². The van der Waals surface area contributed by atoms with Gasteiger partial charge in [-0.1, -0.05) is 36.4 Å². The molecule has 2 amide bonds. The van der Waals surface area contributed by atoms with E-state index in [0.29, 0.717) is 17.8 Å². The van der Waals surface area contributed by atoms with Crippen LogP contribution in [-0.4, -0.2) is 16.8 Å². The number of hydrogen-bond donors (Lipinski definition) is 2. The summed E-state index contributed by atoms with van der Waals surface area (Å²) in [5.74, 6) is -0.165. The van der Waals surface area contributed by atoms with Crippen LogP contribution in [0.25, 0.3) is 21.0 Å². The standard InChI is InChI=1S/C23H19N3O2S/c27-22(14-9-10-14)26-19-12-16-6-2-1-5-15(16)11-17(19)23(28)24-13-21-25-18-7-3-4-8-20(18)29-21/h1-8,11-12,14H,9-10,13H2,(H,24,28)(H,26,27). The molecule has 5 rings (SSSR count). The molecular formula is C23H19N3O2S. The predicted molar refractivity (Wildman–Crippen MR) is 116 cm³/mol. The minimum Gasteiger partial charge on any atom is -0.345 e. The third kappa shape index (κ3) is 3.71. The van der Waals surface area contributed by atoms with Gasteiger partial charge in [-0.05, 0) is 47.9 Å². The predicted octanol–water partition coefficient (Wildman–Crippen LogP) is 4.73. The van der Waals surface area contributed by atoms with Crippen LogP contribution in [0.15, 0.2) is 60.7 Å². The molecule has 0 bridgehead atoms. The molecule has 4 aromatic rings. The summed E-state index contributed by atoms with van der Waals surface area (Å²) in [6.07, 6.45) is 1.83. The van der Waals surface area contributed by atoms with Crippen LogP contribution in [0.1, 0.15) is 28.2 Å². The van der Waals surface area contributed by atoms with E-state index in [9.17, 15) is 9.59 Å². The molecule has 0 radical (unpaired) electrons. The highest BCUT2D eigenvalue weighted by molar-refractivity contribution is 7.18. The van der Waals surface area contributed by atoms with Crippen LogP contribution in [0, 0.1) is 5.92 Å². The molecule has 6 heteroatoms. The smallest absolute Gasteiger partial charge is 0.253 e. The first kappa shape index (κ1) is 17.8. The van der Waals surface area contributed by atoms with Crippen molar-refractivity contribution in [3.05, 3.63) is 71.2 Å². The number of carbonyl (C=O) groups is 2. The summed E-state index contributed by atoms with van der Waals surface area (Å²) in [5, 5.41) is 8.71. The second-order valence-corrected chi connectivity index (χ2v) is 8.38. The number of hydrogen-bond acceptors (Lipinski definition) is 4. The van der Waals surface area contributed by atoms with Gasteiger partial charge in [0.2, 0.25) is 5.91 Å². The average Bonchev–Trinajstić information content (AvgIpc) is 3.51. The Hall–Kier alpha value is -3.25. The molecule has 0 unspecified atom stereocenters. The van der Waals surface area contributed by atoms with Crippen LogP contribution in [0.3, 0.4) is 0 Å². The maximum atomic E-state index is 13.0. The number of amides is 2. The Labute approximate surface area is 171 Å². The second-order valence-electron chi connectivity index (χ2n) is 7.27. The molecule has 3 aromatic carbocycles. The summed E-state index contributed by atoms with van der Waals surface area (Å²) in [6, 6.07) is 19.5. The fraction of sp³-hybridized carbons (Fsp3) is 0.174. The normalized spacial score (nSPS) is 13.5. The fourth-order valence-corrected chi connectivity index (χ4v) is 4.27. The summed E-state index contributed by atoms with van der Waals surface area (Å²) in [7, 11) is 0. The Bertz CT molecular complexity index is 1210. The molecular weight excluding hydrogens is 382 g/mol. The number of benzene rings is 3. The van der Waals surface area contributed by atoms with Crippen LogP contribution in [0.4, 0.5) is 5.69 Å². The molecule has 1 aliphatic rings. The highest BCUT2D eigenvalue weighted by Crippen LogP contribution is 2.32. The van der Waals surface area contributed by atoms with Gasteiger partial charge in [0.1, 0.15) is 5.01 Å². The summed E-state index contributed by atoms with van der Waals surface area (Å²) in [6.45, 7) is 0.348. The monoisotopic (exact) mass is 401 g/mol. The van der Waals surface area contributed by atoms with Crippen LogP contribution in [0.2, 0.25) is 0 Å². The topological polar surface area (TPSA) is 71.1 Å². The van der Waals surface area contributed by atoms with Crippen molar-refractivity contribution in [2.75, 3.05) is 5.32 Å². The molecule has 0 saturated heterocycles. The van der Waals surface area contributed by atoms with Crippen molar-refractivity contribution in [3.63, 3.8) is 0 Å². The van der Waals surface area contributed by atoms with E-state index < -0.39 is 0 Å². The molecule has 1 saturated carbocycles. The number of para-hydroxylation sites is 1. The number of rotatable bonds is 5. The summed E-state index contributed by atoms with van der Waals surface area (Å²) >= 11 is 1.57. The van der Waals surface area contributed by atoms with Gasteiger partial charge in [0.15, 0.2) is 0 Å². The summed E-state index contributed by atoms with van der Waals surface area (Å²) in [5.41, 5.74) is 1.96. The zero-order valence-electron chi connectivity index (χ0n) is 15.6. The zero-order valence-corrected chi connectivity index (χ0v) is 16.5. The van der Waals surface area contributed by atoms with Gasteiger partial charge in [-0.15, -0.1) is 11.3 Å². The molecule has 1 aliphatic carbocycles. The molecule has 0 atom stereocenters. The lowest BCUT2D eigenvalue weighted by Gasteiger charge is -2.13. The SMILES string of the molecule is O=C(NCc1nc2ccccc2s1)c1cc2ccccc2cc1NC(=O)C1CC1. The van der Waals surface area contributed by atoms with E-state index in [1.165, 1.54) is 0 Å². The first-order chi connectivity index (χ1) is 14.2. The first-order valence-corrected chi connectivity index (χ1v) is 10.5. The summed E-state index contributed by atoms with van der Waals surface area (Å²) in [4.78, 5) is 29.9. The summed E-state index contributed by atoms with van der Waals surface area (Å²) < 4.78 is 1.10. The van der Waals surface area contributed by atoms with Gasteiger partial charge in [0.05, 0.1) is 28.0 Å². The highest BCUT2D eigenvalue weighted by Gasteiger charge is 2.30. The van der Waals surface area contributed by atoms with Crippen LogP contribution >= 0.6 is 11.3 Å². The molecule has 0 aliphatic heterocycles. The van der Waals surface area contributed by atoms with Crippen molar-refractivity contribution in [3.8, 4) is 0 Å². The van der Waals surface area contributed by atoms with Gasteiger partial charge in [0, 0.05) is 5.92 Å². The van der Waals surface area contributed by atoms with Crippen LogP contribution in [-0.2, 0) is 11.3 Å². The van der Waals surface area contributed by atoms with Crippen molar-refractivity contribution < 1.29 is 9.59 Å². The van der Waals surface area contributed by atoms with Gasteiger partial charge >= 0.3 is 0 Å². The Morgan fingerprint density at radius 2 is 1.72 bits per heavy atom. The number of carbonyl (C=O) groups excluding carboxylic acids is 2. The number of aromatic nitrogens is 1. The highest BCUT2D eigenvalue weighted by atomic mass is 32.1. The maximum Gasteiger partial charge on any atom is 0.253 e. The van der Waals surface area contributed by atoms with Gasteiger partial charge in [-0.3, -0.25) is 9.59 Å². The first-order valence-electron chi connectivity index (χ1n) is 9.64. The lowest BCUT2D eigenvalue weighted by Crippen LogP contribution is -2.25. The Morgan fingerprint density at radius 1 is 1.00 bits per heavy atom. The lowest BCUT2D eigenvalue weighted by molar-refractivity contribution is -0.117. The van der Waals surface area contributed by atoms with Crippen molar-refractivity contribution in [2.45, 2.75) is 19.4 Å². The van der Waals surface area contributed by atoms with E-state index in [-0.39, 0.29) is 17.7 Å². The lowest BCUT2D eigenvalue weighted by atomic mass is 10.0. The van der Waals surface area contributed by atoms with Gasteiger partial charge in [0.25, 0.3) is 5.91 Å². The average molecular weight is 401 g/mol. The van der Waals surface area contributed by atoms with E-state index in [2.05, 4.69) is 15.6 Å². The van der Waals surface area contributed by atoms with Gasteiger partial charge in [-0.25, -0.2) is 4.98 Å². The van der Waals surface area contributed by atoms with Crippen molar-refractivity contribution in [1.82, 2.24) is 10.3 Å². The fourth-order valence-electron chi connectivity index (χ4n) is 3.36. The Morgan fingerprint density at radius 3 is 2.48 bits per heavy atom. The molecule has 2 N–H and O–H groups in total. The largest absolute Gasteiger partial charge is 0.345 e. The zero-order chi connectivity index (χ0) is 19.8. The minimum absolute atomic E-state index is 0.0134. The second kappa shape index (κ2) is 7.29. The number of nitrogens with one attached hydrogen (secondary N) is 2. The van der Waals surface area contributed by atoms with Crippen molar-refractivity contribution in [1.29, 1.82) is 0 Å². The number of thiazole rings is 1. The third-order valence-electron chi connectivity index (χ3n) is 5.07. The molecule has 5 nitrogen and oxygen atoms in total. The quantitative estimate of drug-likeness (QED) is 0.508. The van der Waals surface area contributed by atoms with E-state index in [0.717, 1.165) is 38.8 Å². The molecule has 1 heterocycles. The molecule has 1 fully saturated rings. The molecule has 144 valence electrons. The number of nitrogens with zero attached hydrogens (tertiary/aromatic N) is 1.